The Morgan fingerprint density at radius 2 is 1.42 bits per heavy atom. The lowest BCUT2D eigenvalue weighted by Crippen LogP contribution is -2.47. The topological polar surface area (TPSA) is 29.2 Å². The van der Waals surface area contributed by atoms with Gasteiger partial charge >= 0.3 is 0 Å². The van der Waals surface area contributed by atoms with Crippen LogP contribution >= 0.6 is 12.2 Å². The summed E-state index contributed by atoms with van der Waals surface area (Å²) >= 11 is 5.69. The molecule has 0 saturated carbocycles. The second-order valence-electron chi connectivity index (χ2n) is 6.58. The molecular formula is C20H23N5S. The molecule has 1 aliphatic heterocycles. The highest BCUT2D eigenvalue weighted by Crippen LogP contribution is 2.16. The first-order valence-electron chi connectivity index (χ1n) is 8.96. The lowest BCUT2D eigenvalue weighted by atomic mass is 10.2. The third-order valence-corrected chi connectivity index (χ3v) is 5.24. The first-order valence-corrected chi connectivity index (χ1v) is 9.37. The van der Waals surface area contributed by atoms with Crippen molar-refractivity contribution >= 4 is 17.9 Å². The van der Waals surface area contributed by atoms with Crippen molar-refractivity contribution in [1.29, 1.82) is 0 Å². The van der Waals surface area contributed by atoms with Crippen LogP contribution in [0.3, 0.4) is 0 Å². The Labute approximate surface area is 159 Å². The third-order valence-electron chi connectivity index (χ3n) is 4.84. The summed E-state index contributed by atoms with van der Waals surface area (Å²) in [6.45, 7) is 6.81. The van der Waals surface area contributed by atoms with E-state index in [0.29, 0.717) is 0 Å². The fourth-order valence-electron chi connectivity index (χ4n) is 3.46. The van der Waals surface area contributed by atoms with Gasteiger partial charge in [-0.3, -0.25) is 9.47 Å². The lowest BCUT2D eigenvalue weighted by molar-refractivity contribution is 0.194. The maximum Gasteiger partial charge on any atom is 0.203 e. The first kappa shape index (κ1) is 17.0. The number of anilines is 1. The molecule has 26 heavy (non-hydrogen) atoms. The van der Waals surface area contributed by atoms with Gasteiger partial charge in [0.1, 0.15) is 5.82 Å². The minimum Gasteiger partial charge on any atom is -0.369 e. The SMILES string of the molecule is Cc1nn(CN2CCN(c3ccccc3)CC2)c(=S)n1-c1ccccc1. The smallest absolute Gasteiger partial charge is 0.203 e. The Balaban J connectivity index is 1.45. The molecule has 4 rings (SSSR count). The minimum atomic E-state index is 0.738. The van der Waals surface area contributed by atoms with Gasteiger partial charge in [-0.25, -0.2) is 4.68 Å². The molecule has 1 aliphatic rings. The highest BCUT2D eigenvalue weighted by Gasteiger charge is 2.18. The maximum absolute atomic E-state index is 5.69. The molecule has 0 atom stereocenters. The molecule has 0 radical (unpaired) electrons. The van der Waals surface area contributed by atoms with Crippen LogP contribution in [0.5, 0.6) is 0 Å². The van der Waals surface area contributed by atoms with Crippen molar-refractivity contribution in [3.05, 3.63) is 71.3 Å². The monoisotopic (exact) mass is 365 g/mol. The van der Waals surface area contributed by atoms with Crippen molar-refractivity contribution in [1.82, 2.24) is 19.2 Å². The number of nitrogens with zero attached hydrogens (tertiary/aromatic N) is 5. The van der Waals surface area contributed by atoms with Crippen LogP contribution in [-0.4, -0.2) is 45.4 Å². The van der Waals surface area contributed by atoms with Gasteiger partial charge < -0.3 is 4.90 Å². The fraction of sp³-hybridized carbons (Fsp3) is 0.300. The van der Waals surface area contributed by atoms with Gasteiger partial charge in [-0.2, -0.15) is 5.10 Å². The van der Waals surface area contributed by atoms with Gasteiger partial charge in [-0.1, -0.05) is 36.4 Å². The molecule has 134 valence electrons. The summed E-state index contributed by atoms with van der Waals surface area (Å²) in [5.41, 5.74) is 2.36. The fourth-order valence-corrected chi connectivity index (χ4v) is 3.79. The normalized spacial score (nSPS) is 15.3. The quantitative estimate of drug-likeness (QED) is 0.662. The van der Waals surface area contributed by atoms with E-state index in [9.17, 15) is 0 Å². The molecular weight excluding hydrogens is 342 g/mol. The van der Waals surface area contributed by atoms with Crippen LogP contribution in [-0.2, 0) is 6.67 Å². The molecule has 3 aromatic rings. The molecule has 2 aromatic carbocycles. The molecule has 0 spiro atoms. The Hall–Kier alpha value is -2.44. The minimum absolute atomic E-state index is 0.738. The number of benzene rings is 2. The van der Waals surface area contributed by atoms with Crippen molar-refractivity contribution in [2.45, 2.75) is 13.6 Å². The first-order chi connectivity index (χ1) is 12.7. The lowest BCUT2D eigenvalue weighted by Gasteiger charge is -2.35. The number of hydrogen-bond donors (Lipinski definition) is 0. The maximum atomic E-state index is 5.69. The number of aromatic nitrogens is 3. The zero-order valence-electron chi connectivity index (χ0n) is 15.0. The van der Waals surface area contributed by atoms with Crippen molar-refractivity contribution in [2.24, 2.45) is 0 Å². The van der Waals surface area contributed by atoms with Crippen molar-refractivity contribution in [3.8, 4) is 5.69 Å². The summed E-state index contributed by atoms with van der Waals surface area (Å²) in [6.07, 6.45) is 0. The number of hydrogen-bond acceptors (Lipinski definition) is 4. The van der Waals surface area contributed by atoms with Gasteiger partial charge in [0.15, 0.2) is 0 Å². The second-order valence-corrected chi connectivity index (χ2v) is 6.95. The molecule has 2 heterocycles. The summed E-state index contributed by atoms with van der Waals surface area (Å²) in [7, 11) is 0. The predicted molar refractivity (Wildman–Crippen MR) is 107 cm³/mol. The number of aryl methyl sites for hydroxylation is 1. The summed E-state index contributed by atoms with van der Waals surface area (Å²) in [5.74, 6) is 0.920. The zero-order valence-corrected chi connectivity index (χ0v) is 15.8. The largest absolute Gasteiger partial charge is 0.369 e. The van der Waals surface area contributed by atoms with Crippen LogP contribution in [0.25, 0.3) is 5.69 Å². The van der Waals surface area contributed by atoms with Gasteiger partial charge in [-0.15, -0.1) is 0 Å². The molecule has 1 fully saturated rings. The number of rotatable bonds is 4. The van der Waals surface area contributed by atoms with Crippen LogP contribution in [0.2, 0.25) is 0 Å². The Morgan fingerprint density at radius 1 is 0.846 bits per heavy atom. The second kappa shape index (κ2) is 7.43. The van der Waals surface area contributed by atoms with E-state index in [1.165, 1.54) is 5.69 Å². The van der Waals surface area contributed by atoms with Crippen molar-refractivity contribution in [2.75, 3.05) is 31.1 Å². The molecule has 0 unspecified atom stereocenters. The molecule has 6 heteroatoms. The van der Waals surface area contributed by atoms with E-state index < -0.39 is 0 Å². The predicted octanol–water partition coefficient (Wildman–Crippen LogP) is 3.49. The Kier molecular flexibility index (Phi) is 4.86. The molecule has 0 bridgehead atoms. The summed E-state index contributed by atoms with van der Waals surface area (Å²) in [4.78, 5) is 4.85. The van der Waals surface area contributed by atoms with Crippen LogP contribution in [0, 0.1) is 11.7 Å². The summed E-state index contributed by atoms with van der Waals surface area (Å²) < 4.78 is 4.73. The Bertz CT molecular complexity index is 908. The summed E-state index contributed by atoms with van der Waals surface area (Å²) in [6, 6.07) is 20.8. The van der Waals surface area contributed by atoms with E-state index in [0.717, 1.165) is 49.1 Å². The van der Waals surface area contributed by atoms with E-state index in [1.807, 2.05) is 34.4 Å². The molecule has 5 nitrogen and oxygen atoms in total. The van der Waals surface area contributed by atoms with Crippen molar-refractivity contribution < 1.29 is 0 Å². The van der Waals surface area contributed by atoms with Gasteiger partial charge in [0, 0.05) is 37.6 Å². The zero-order chi connectivity index (χ0) is 17.9. The highest BCUT2D eigenvalue weighted by molar-refractivity contribution is 7.71. The number of piperazine rings is 1. The molecule has 1 aromatic heterocycles. The van der Waals surface area contributed by atoms with E-state index in [4.69, 9.17) is 12.2 Å². The van der Waals surface area contributed by atoms with E-state index in [2.05, 4.69) is 57.4 Å². The van der Waals surface area contributed by atoms with Gasteiger partial charge in [0.2, 0.25) is 4.77 Å². The molecule has 0 aliphatic carbocycles. The van der Waals surface area contributed by atoms with E-state index in [1.54, 1.807) is 0 Å². The third kappa shape index (κ3) is 3.43. The van der Waals surface area contributed by atoms with Crippen molar-refractivity contribution in [3.63, 3.8) is 0 Å². The molecule has 0 N–H and O–H groups in total. The van der Waals surface area contributed by atoms with Gasteiger partial charge in [0.25, 0.3) is 0 Å². The highest BCUT2D eigenvalue weighted by atomic mass is 32.1. The average Bonchev–Trinajstić information content (AvgIpc) is 2.97. The molecule has 1 saturated heterocycles. The summed E-state index contributed by atoms with van der Waals surface area (Å²) in [5, 5.41) is 4.68. The van der Waals surface area contributed by atoms with E-state index >= 15 is 0 Å². The van der Waals surface area contributed by atoms with Crippen LogP contribution in [0.1, 0.15) is 5.82 Å². The van der Waals surface area contributed by atoms with Crippen LogP contribution in [0.4, 0.5) is 5.69 Å². The Morgan fingerprint density at radius 3 is 2.04 bits per heavy atom. The standard InChI is InChI=1S/C20H23N5S/c1-17-21-24(20(26)25(17)19-10-6-3-7-11-19)16-22-12-14-23(15-13-22)18-8-4-2-5-9-18/h2-11H,12-16H2,1H3. The molecule has 0 amide bonds. The van der Waals surface area contributed by atoms with Crippen LogP contribution < -0.4 is 4.90 Å². The average molecular weight is 366 g/mol. The van der Waals surface area contributed by atoms with Gasteiger partial charge in [-0.05, 0) is 43.4 Å². The number of para-hydroxylation sites is 2. The van der Waals surface area contributed by atoms with Crippen LogP contribution in [0.15, 0.2) is 60.7 Å². The van der Waals surface area contributed by atoms with E-state index in [-0.39, 0.29) is 0 Å². The van der Waals surface area contributed by atoms with Gasteiger partial charge in [0.05, 0.1) is 6.67 Å².